The van der Waals surface area contributed by atoms with E-state index in [0.29, 0.717) is 5.69 Å². The predicted octanol–water partition coefficient (Wildman–Crippen LogP) is 3.31. The standard InChI is InChI=1S/C16H11N3O2/c1-10-6-13(9-17)19-16(18-10)21-15-8-12-5-3-2-4-11(12)7-14(15)20/h2-8,20H,1H3. The van der Waals surface area contributed by atoms with Gasteiger partial charge in [-0.15, -0.1) is 0 Å². The van der Waals surface area contributed by atoms with Gasteiger partial charge in [0.05, 0.1) is 0 Å². The van der Waals surface area contributed by atoms with Gasteiger partial charge in [-0.25, -0.2) is 4.98 Å². The van der Waals surface area contributed by atoms with Crippen LogP contribution in [0.5, 0.6) is 17.5 Å². The zero-order valence-corrected chi connectivity index (χ0v) is 11.2. The van der Waals surface area contributed by atoms with E-state index in [4.69, 9.17) is 10.00 Å². The monoisotopic (exact) mass is 277 g/mol. The second-order valence-electron chi connectivity index (χ2n) is 4.56. The van der Waals surface area contributed by atoms with Gasteiger partial charge in [0.2, 0.25) is 0 Å². The zero-order chi connectivity index (χ0) is 14.8. The Morgan fingerprint density at radius 2 is 1.81 bits per heavy atom. The molecule has 0 radical (unpaired) electrons. The number of nitrogens with zero attached hydrogens (tertiary/aromatic N) is 3. The van der Waals surface area contributed by atoms with Crippen molar-refractivity contribution in [1.29, 1.82) is 5.26 Å². The van der Waals surface area contributed by atoms with Crippen LogP contribution in [0.25, 0.3) is 10.8 Å². The molecule has 0 aliphatic carbocycles. The largest absolute Gasteiger partial charge is 0.504 e. The molecule has 1 aromatic heterocycles. The smallest absolute Gasteiger partial charge is 0.323 e. The first-order valence-corrected chi connectivity index (χ1v) is 6.31. The average molecular weight is 277 g/mol. The van der Waals surface area contributed by atoms with E-state index >= 15 is 0 Å². The van der Waals surface area contributed by atoms with E-state index in [-0.39, 0.29) is 23.2 Å². The summed E-state index contributed by atoms with van der Waals surface area (Å²) in [6.07, 6.45) is 0. The number of fused-ring (bicyclic) bond motifs is 1. The molecule has 0 saturated heterocycles. The number of aromatic hydroxyl groups is 1. The summed E-state index contributed by atoms with van der Waals surface area (Å²) in [5.74, 6) is 0.250. The third-order valence-corrected chi connectivity index (χ3v) is 2.98. The Bertz CT molecular complexity index is 869. The van der Waals surface area contributed by atoms with Crippen molar-refractivity contribution < 1.29 is 9.84 Å². The molecule has 21 heavy (non-hydrogen) atoms. The number of aromatic nitrogens is 2. The molecule has 0 atom stereocenters. The molecule has 102 valence electrons. The van der Waals surface area contributed by atoms with Gasteiger partial charge in [-0.1, -0.05) is 24.3 Å². The third-order valence-electron chi connectivity index (χ3n) is 2.98. The number of nitriles is 1. The number of hydrogen-bond donors (Lipinski definition) is 1. The van der Waals surface area contributed by atoms with Gasteiger partial charge in [0.25, 0.3) is 0 Å². The van der Waals surface area contributed by atoms with E-state index in [9.17, 15) is 5.11 Å². The highest BCUT2D eigenvalue weighted by molar-refractivity contribution is 5.85. The molecule has 0 amide bonds. The second kappa shape index (κ2) is 5.10. The lowest BCUT2D eigenvalue weighted by atomic mass is 10.1. The van der Waals surface area contributed by atoms with Crippen molar-refractivity contribution >= 4 is 10.8 Å². The van der Waals surface area contributed by atoms with Crippen molar-refractivity contribution in [2.24, 2.45) is 0 Å². The van der Waals surface area contributed by atoms with Gasteiger partial charge in [0.15, 0.2) is 11.5 Å². The summed E-state index contributed by atoms with van der Waals surface area (Å²) in [7, 11) is 0. The number of phenols is 1. The molecule has 3 rings (SSSR count). The van der Waals surface area contributed by atoms with Gasteiger partial charge >= 0.3 is 6.01 Å². The fourth-order valence-corrected chi connectivity index (χ4v) is 2.03. The summed E-state index contributed by atoms with van der Waals surface area (Å²) in [6, 6.07) is 14.5. The zero-order valence-electron chi connectivity index (χ0n) is 11.2. The lowest BCUT2D eigenvalue weighted by Crippen LogP contribution is -1.96. The normalized spacial score (nSPS) is 10.3. The Kier molecular flexibility index (Phi) is 3.13. The average Bonchev–Trinajstić information content (AvgIpc) is 2.47. The summed E-state index contributed by atoms with van der Waals surface area (Å²) in [5, 5.41) is 20.8. The van der Waals surface area contributed by atoms with Gasteiger partial charge in [-0.05, 0) is 35.9 Å². The van der Waals surface area contributed by atoms with E-state index in [1.807, 2.05) is 30.3 Å². The molecule has 0 unspecified atom stereocenters. The van der Waals surface area contributed by atoms with Crippen molar-refractivity contribution in [2.45, 2.75) is 6.92 Å². The maximum Gasteiger partial charge on any atom is 0.323 e. The van der Waals surface area contributed by atoms with Crippen LogP contribution in [0, 0.1) is 18.3 Å². The molecule has 1 N–H and O–H groups in total. The minimum absolute atomic E-state index is 0.00249. The van der Waals surface area contributed by atoms with Gasteiger partial charge in [0, 0.05) is 5.69 Å². The maximum absolute atomic E-state index is 10.0. The minimum atomic E-state index is -0.00249. The Morgan fingerprint density at radius 3 is 2.52 bits per heavy atom. The highest BCUT2D eigenvalue weighted by Crippen LogP contribution is 2.33. The van der Waals surface area contributed by atoms with Crippen LogP contribution < -0.4 is 4.74 Å². The topological polar surface area (TPSA) is 79.0 Å². The Hall–Kier alpha value is -3.13. The van der Waals surface area contributed by atoms with Crippen molar-refractivity contribution in [2.75, 3.05) is 0 Å². The van der Waals surface area contributed by atoms with Crippen LogP contribution in [0.4, 0.5) is 0 Å². The van der Waals surface area contributed by atoms with E-state index in [1.165, 1.54) is 0 Å². The van der Waals surface area contributed by atoms with Crippen LogP contribution in [0.3, 0.4) is 0 Å². The molecule has 5 heteroatoms. The van der Waals surface area contributed by atoms with Gasteiger partial charge in [-0.3, -0.25) is 0 Å². The lowest BCUT2D eigenvalue weighted by molar-refractivity contribution is 0.392. The van der Waals surface area contributed by atoms with Crippen molar-refractivity contribution in [1.82, 2.24) is 9.97 Å². The summed E-state index contributed by atoms with van der Waals surface area (Å²) < 4.78 is 5.52. The number of ether oxygens (including phenoxy) is 1. The fourth-order valence-electron chi connectivity index (χ4n) is 2.03. The van der Waals surface area contributed by atoms with Gasteiger partial charge < -0.3 is 9.84 Å². The van der Waals surface area contributed by atoms with Crippen LogP contribution in [0.15, 0.2) is 42.5 Å². The molecule has 1 heterocycles. The molecule has 3 aromatic rings. The molecular formula is C16H11N3O2. The molecule has 0 fully saturated rings. The highest BCUT2D eigenvalue weighted by Gasteiger charge is 2.09. The first-order valence-electron chi connectivity index (χ1n) is 6.31. The first kappa shape index (κ1) is 12.9. The SMILES string of the molecule is Cc1cc(C#N)nc(Oc2cc3ccccc3cc2O)n1. The van der Waals surface area contributed by atoms with Crippen LogP contribution in [-0.2, 0) is 0 Å². The predicted molar refractivity (Wildman–Crippen MR) is 77.2 cm³/mol. The molecule has 0 bridgehead atoms. The number of aryl methyl sites for hydroxylation is 1. The van der Waals surface area contributed by atoms with Crippen molar-refractivity contribution in [3.8, 4) is 23.6 Å². The van der Waals surface area contributed by atoms with E-state index in [0.717, 1.165) is 10.8 Å². The fraction of sp³-hybridized carbons (Fsp3) is 0.0625. The van der Waals surface area contributed by atoms with Crippen LogP contribution in [0.2, 0.25) is 0 Å². The van der Waals surface area contributed by atoms with Gasteiger partial charge in [-0.2, -0.15) is 10.2 Å². The summed E-state index contributed by atoms with van der Waals surface area (Å²) in [5.41, 5.74) is 0.842. The number of rotatable bonds is 2. The van der Waals surface area contributed by atoms with Crippen molar-refractivity contribution in [3.63, 3.8) is 0 Å². The molecule has 5 nitrogen and oxygen atoms in total. The van der Waals surface area contributed by atoms with Gasteiger partial charge in [0.1, 0.15) is 11.8 Å². The third kappa shape index (κ3) is 2.60. The van der Waals surface area contributed by atoms with Crippen LogP contribution in [0.1, 0.15) is 11.4 Å². The van der Waals surface area contributed by atoms with E-state index < -0.39 is 0 Å². The molecule has 2 aromatic carbocycles. The maximum atomic E-state index is 10.0. The number of hydrogen-bond acceptors (Lipinski definition) is 5. The Balaban J connectivity index is 2.04. The van der Waals surface area contributed by atoms with Crippen molar-refractivity contribution in [3.05, 3.63) is 53.9 Å². The minimum Gasteiger partial charge on any atom is -0.504 e. The van der Waals surface area contributed by atoms with E-state index in [2.05, 4.69) is 9.97 Å². The molecule has 0 spiro atoms. The van der Waals surface area contributed by atoms with E-state index in [1.54, 1.807) is 25.1 Å². The Morgan fingerprint density at radius 1 is 1.10 bits per heavy atom. The molecule has 0 saturated carbocycles. The van der Waals surface area contributed by atoms with Crippen LogP contribution >= 0.6 is 0 Å². The molecule has 0 aliphatic heterocycles. The molecule has 0 aliphatic rings. The number of benzene rings is 2. The Labute approximate surface area is 121 Å². The quantitative estimate of drug-likeness (QED) is 0.777. The first-order chi connectivity index (χ1) is 10.2. The van der Waals surface area contributed by atoms with Crippen LogP contribution in [-0.4, -0.2) is 15.1 Å². The number of phenolic OH excluding ortho intramolecular Hbond substituents is 1. The summed E-state index contributed by atoms with van der Waals surface area (Å²) in [6.45, 7) is 1.75. The lowest BCUT2D eigenvalue weighted by Gasteiger charge is -2.08. The second-order valence-corrected chi connectivity index (χ2v) is 4.56. The summed E-state index contributed by atoms with van der Waals surface area (Å²) in [4.78, 5) is 8.07. The summed E-state index contributed by atoms with van der Waals surface area (Å²) >= 11 is 0. The highest BCUT2D eigenvalue weighted by atomic mass is 16.5. The molecular weight excluding hydrogens is 266 g/mol.